The van der Waals surface area contributed by atoms with Crippen LogP contribution in [0.15, 0.2) is 70.5 Å². The van der Waals surface area contributed by atoms with Crippen molar-refractivity contribution in [2.45, 2.75) is 80.8 Å². The highest BCUT2D eigenvalue weighted by molar-refractivity contribution is 7.99. The molecule has 0 bridgehead atoms. The second-order valence-electron chi connectivity index (χ2n) is 12.4. The second kappa shape index (κ2) is 18.0. The molecule has 0 spiro atoms. The molecule has 0 fully saturated rings. The summed E-state index contributed by atoms with van der Waals surface area (Å²) < 4.78 is 28.5. The topological polar surface area (TPSA) is 57.2 Å². The molecule has 0 N–H and O–H groups in total. The van der Waals surface area contributed by atoms with Crippen molar-refractivity contribution in [2.75, 3.05) is 51.7 Å². The normalized spacial score (nSPS) is 15.1. The first-order chi connectivity index (χ1) is 21.8. The van der Waals surface area contributed by atoms with Gasteiger partial charge >= 0.3 is 0 Å². The lowest BCUT2D eigenvalue weighted by Crippen LogP contribution is -2.31. The minimum Gasteiger partial charge on any atom is -0.616 e. The lowest BCUT2D eigenvalue weighted by atomic mass is 10.1. The third-order valence-corrected chi connectivity index (χ3v) is 11.0. The average Bonchev–Trinajstić information content (AvgIpc) is 3.50. The van der Waals surface area contributed by atoms with Crippen LogP contribution in [0.1, 0.15) is 64.9 Å². The van der Waals surface area contributed by atoms with Crippen LogP contribution >= 0.6 is 11.8 Å². The Morgan fingerprint density at radius 3 is 2.42 bits per heavy atom. The Balaban J connectivity index is 0.000000205. The zero-order valence-electron chi connectivity index (χ0n) is 28.1. The number of fused-ring (bicyclic) bond motifs is 3. The van der Waals surface area contributed by atoms with Crippen molar-refractivity contribution in [1.29, 1.82) is 0 Å². The molecule has 246 valence electrons. The van der Waals surface area contributed by atoms with E-state index in [0.717, 1.165) is 48.9 Å². The fourth-order valence-corrected chi connectivity index (χ4v) is 8.19. The van der Waals surface area contributed by atoms with Gasteiger partial charge < -0.3 is 28.6 Å². The van der Waals surface area contributed by atoms with Crippen molar-refractivity contribution in [2.24, 2.45) is 5.92 Å². The highest BCUT2D eigenvalue weighted by atomic mass is 32.2. The molecule has 3 aromatic carbocycles. The molecule has 0 aromatic heterocycles. The van der Waals surface area contributed by atoms with E-state index < -0.39 is 11.2 Å². The minimum atomic E-state index is -0.743. The summed E-state index contributed by atoms with van der Waals surface area (Å²) in [7, 11) is 5.99. The smallest absolute Gasteiger partial charge is 0.231 e. The Hall–Kier alpha value is -2.52. The number of nitrogens with zero attached hydrogens (tertiary/aromatic N) is 2. The van der Waals surface area contributed by atoms with Gasteiger partial charge in [-0.15, -0.1) is 0 Å². The van der Waals surface area contributed by atoms with Crippen LogP contribution in [0.25, 0.3) is 0 Å². The van der Waals surface area contributed by atoms with Crippen molar-refractivity contribution >= 4 is 34.3 Å². The maximum atomic E-state index is 12.3. The fraction of sp³-hybridized carbons (Fsp3) is 0.514. The van der Waals surface area contributed by atoms with Crippen LogP contribution in [0.5, 0.6) is 17.2 Å². The fourth-order valence-electron chi connectivity index (χ4n) is 5.84. The SMILES string of the molecule is CCCCCCCC[S+]([O-])C(C)Cc1ccc2c(c1)OCO2.COc1ccc2c(c1)N(C[C@H](C)CN(C)C)c1ccccc1S2. The van der Waals surface area contributed by atoms with E-state index in [2.05, 4.69) is 81.1 Å². The van der Waals surface area contributed by atoms with Crippen molar-refractivity contribution in [3.63, 3.8) is 0 Å². The second-order valence-corrected chi connectivity index (χ2v) is 15.5. The minimum absolute atomic E-state index is 0.191. The van der Waals surface area contributed by atoms with Crippen molar-refractivity contribution < 1.29 is 18.8 Å². The van der Waals surface area contributed by atoms with E-state index in [9.17, 15) is 4.55 Å². The van der Waals surface area contributed by atoms with E-state index in [0.29, 0.717) is 12.7 Å². The number of para-hydroxylation sites is 1. The van der Waals surface area contributed by atoms with Crippen molar-refractivity contribution in [1.82, 2.24) is 4.90 Å². The molecule has 3 atom stereocenters. The molecular weight excluding hydrogens is 601 g/mol. The van der Waals surface area contributed by atoms with Crippen molar-refractivity contribution in [3.8, 4) is 17.2 Å². The van der Waals surface area contributed by atoms with Gasteiger partial charge in [0.2, 0.25) is 6.79 Å². The molecule has 3 aromatic rings. The largest absolute Gasteiger partial charge is 0.616 e. The number of hydrogen-bond donors (Lipinski definition) is 0. The summed E-state index contributed by atoms with van der Waals surface area (Å²) in [5, 5.41) is 0.191. The number of hydrogen-bond acceptors (Lipinski definition) is 7. The van der Waals surface area contributed by atoms with E-state index in [1.54, 1.807) is 7.11 Å². The third kappa shape index (κ3) is 10.5. The van der Waals surface area contributed by atoms with Crippen LogP contribution in [-0.4, -0.2) is 61.5 Å². The zero-order valence-corrected chi connectivity index (χ0v) is 29.7. The van der Waals surface area contributed by atoms with E-state index >= 15 is 0 Å². The predicted octanol–water partition coefficient (Wildman–Crippen LogP) is 8.95. The first-order valence-electron chi connectivity index (χ1n) is 16.4. The lowest BCUT2D eigenvalue weighted by molar-refractivity contribution is 0.174. The number of rotatable bonds is 15. The third-order valence-electron chi connectivity index (χ3n) is 8.11. The molecular formula is C37H52N2O4S2. The Labute approximate surface area is 279 Å². The van der Waals surface area contributed by atoms with E-state index in [1.807, 2.05) is 36.0 Å². The molecule has 2 heterocycles. The first kappa shape index (κ1) is 35.3. The maximum Gasteiger partial charge on any atom is 0.231 e. The summed E-state index contributed by atoms with van der Waals surface area (Å²) in [4.78, 5) is 7.31. The molecule has 2 unspecified atom stereocenters. The highest BCUT2D eigenvalue weighted by Crippen LogP contribution is 2.49. The van der Waals surface area contributed by atoms with Gasteiger partial charge in [-0.05, 0) is 81.7 Å². The predicted molar refractivity (Wildman–Crippen MR) is 190 cm³/mol. The standard InChI is InChI=1S/C19H24N2OS.C18H28O3S/c1-14(12-20(2)3)13-21-16-7-5-6-8-18(16)23-19-10-9-15(22-4)11-17(19)21;1-3-4-5-6-7-8-11-22(19)15(2)12-16-9-10-17-18(13-16)21-14-20-17/h5-11,14H,12-13H2,1-4H3;9-10,13,15H,3-8,11-12,14H2,1-2H3/t14-;/m1./s1. The monoisotopic (exact) mass is 652 g/mol. The van der Waals surface area contributed by atoms with Crippen LogP contribution in [0.4, 0.5) is 11.4 Å². The number of unbranched alkanes of at least 4 members (excludes halogenated alkanes) is 5. The summed E-state index contributed by atoms with van der Waals surface area (Å²) in [5.41, 5.74) is 3.72. The molecule has 0 radical (unpaired) electrons. The number of benzene rings is 3. The van der Waals surface area contributed by atoms with Gasteiger partial charge in [-0.1, -0.05) is 80.7 Å². The van der Waals surface area contributed by atoms with Gasteiger partial charge in [0, 0.05) is 35.4 Å². The highest BCUT2D eigenvalue weighted by Gasteiger charge is 2.25. The van der Waals surface area contributed by atoms with Gasteiger partial charge in [-0.2, -0.15) is 0 Å². The van der Waals surface area contributed by atoms with Gasteiger partial charge in [0.15, 0.2) is 11.5 Å². The van der Waals surface area contributed by atoms with Crippen LogP contribution < -0.4 is 19.1 Å². The maximum absolute atomic E-state index is 12.3. The molecule has 0 amide bonds. The zero-order chi connectivity index (χ0) is 32.2. The molecule has 45 heavy (non-hydrogen) atoms. The quantitative estimate of drug-likeness (QED) is 0.120. The van der Waals surface area contributed by atoms with Gasteiger partial charge in [-0.3, -0.25) is 0 Å². The Kier molecular flexibility index (Phi) is 14.1. The summed E-state index contributed by atoms with van der Waals surface area (Å²) in [6, 6.07) is 21.0. The summed E-state index contributed by atoms with van der Waals surface area (Å²) in [5.74, 6) is 3.93. The molecule has 0 saturated carbocycles. The van der Waals surface area contributed by atoms with Gasteiger partial charge in [0.25, 0.3) is 0 Å². The molecule has 2 aliphatic rings. The number of ether oxygens (including phenoxy) is 3. The average molecular weight is 653 g/mol. The molecule has 0 aliphatic carbocycles. The molecule has 6 nitrogen and oxygen atoms in total. The van der Waals surface area contributed by atoms with Crippen LogP contribution in [0, 0.1) is 5.92 Å². The van der Waals surface area contributed by atoms with Crippen molar-refractivity contribution in [3.05, 3.63) is 66.2 Å². The van der Waals surface area contributed by atoms with E-state index in [1.165, 1.54) is 58.8 Å². The molecule has 8 heteroatoms. The Morgan fingerprint density at radius 2 is 1.64 bits per heavy atom. The molecule has 5 rings (SSSR count). The van der Waals surface area contributed by atoms with E-state index in [-0.39, 0.29) is 5.25 Å². The summed E-state index contributed by atoms with van der Waals surface area (Å²) in [6.07, 6.45) is 8.32. The summed E-state index contributed by atoms with van der Waals surface area (Å²) in [6.45, 7) is 8.99. The lowest BCUT2D eigenvalue weighted by Gasteiger charge is -2.35. The van der Waals surface area contributed by atoms with Gasteiger partial charge in [-0.25, -0.2) is 0 Å². The van der Waals surface area contributed by atoms with Crippen LogP contribution in [0.3, 0.4) is 0 Å². The first-order valence-corrected chi connectivity index (χ1v) is 18.6. The Bertz CT molecular complexity index is 1340. The number of methoxy groups -OCH3 is 1. The summed E-state index contributed by atoms with van der Waals surface area (Å²) >= 11 is 1.10. The Morgan fingerprint density at radius 1 is 0.911 bits per heavy atom. The van der Waals surface area contributed by atoms with Crippen LogP contribution in [0.2, 0.25) is 0 Å². The van der Waals surface area contributed by atoms with E-state index in [4.69, 9.17) is 14.2 Å². The molecule has 2 aliphatic heterocycles. The van der Waals surface area contributed by atoms with Crippen LogP contribution in [-0.2, 0) is 17.6 Å². The van der Waals surface area contributed by atoms with Gasteiger partial charge in [0.05, 0.1) is 18.5 Å². The number of anilines is 2. The van der Waals surface area contributed by atoms with Gasteiger partial charge in [0.1, 0.15) is 16.8 Å². The molecule has 0 saturated heterocycles.